The third kappa shape index (κ3) is 4.38. The van der Waals surface area contributed by atoms with Crippen molar-refractivity contribution in [3.8, 4) is 0 Å². The van der Waals surface area contributed by atoms with Crippen LogP contribution in [0.25, 0.3) is 0 Å². The monoisotopic (exact) mass is 339 g/mol. The van der Waals surface area contributed by atoms with Crippen LogP contribution in [0, 0.1) is 5.92 Å². The second-order valence-corrected chi connectivity index (χ2v) is 6.20. The summed E-state index contributed by atoms with van der Waals surface area (Å²) in [5.41, 5.74) is 6.92. The van der Waals surface area contributed by atoms with Crippen molar-refractivity contribution in [2.45, 2.75) is 32.7 Å². The molecule has 1 aliphatic rings. The molecule has 23 heavy (non-hydrogen) atoms. The zero-order valence-electron chi connectivity index (χ0n) is 14.0. The van der Waals surface area contributed by atoms with Gasteiger partial charge in [0.05, 0.1) is 5.56 Å². The van der Waals surface area contributed by atoms with Crippen molar-refractivity contribution in [1.82, 2.24) is 9.80 Å². The molecule has 1 fully saturated rings. The van der Waals surface area contributed by atoms with Crippen LogP contribution in [0.2, 0.25) is 0 Å². The second kappa shape index (κ2) is 8.20. The summed E-state index contributed by atoms with van der Waals surface area (Å²) in [7, 11) is 1.84. The van der Waals surface area contributed by atoms with Crippen LogP contribution in [0.3, 0.4) is 0 Å². The van der Waals surface area contributed by atoms with Crippen molar-refractivity contribution in [2.75, 3.05) is 25.9 Å². The van der Waals surface area contributed by atoms with E-state index in [2.05, 4.69) is 0 Å². The molecule has 1 aromatic rings. The average molecular weight is 340 g/mol. The molecule has 128 valence electrons. The van der Waals surface area contributed by atoms with Crippen LogP contribution in [-0.2, 0) is 4.79 Å². The van der Waals surface area contributed by atoms with Crippen LogP contribution in [0.15, 0.2) is 24.3 Å². The molecule has 2 rings (SSSR count). The smallest absolute Gasteiger partial charge is 0.255 e. The van der Waals surface area contributed by atoms with E-state index in [-0.39, 0.29) is 36.2 Å². The molecule has 0 radical (unpaired) electrons. The van der Waals surface area contributed by atoms with Crippen molar-refractivity contribution in [1.29, 1.82) is 0 Å². The number of rotatable bonds is 3. The van der Waals surface area contributed by atoms with Gasteiger partial charge in [-0.25, -0.2) is 0 Å². The number of hydrogen-bond acceptors (Lipinski definition) is 3. The number of para-hydroxylation sites is 1. The Morgan fingerprint density at radius 2 is 1.78 bits per heavy atom. The third-order valence-corrected chi connectivity index (χ3v) is 4.44. The summed E-state index contributed by atoms with van der Waals surface area (Å²) in [6, 6.07) is 7.33. The second-order valence-electron chi connectivity index (χ2n) is 6.20. The molecule has 0 aliphatic carbocycles. The first kappa shape index (κ1) is 19.3. The van der Waals surface area contributed by atoms with E-state index >= 15 is 0 Å². The van der Waals surface area contributed by atoms with E-state index < -0.39 is 0 Å². The molecule has 0 spiro atoms. The van der Waals surface area contributed by atoms with Crippen LogP contribution >= 0.6 is 12.4 Å². The molecule has 1 aromatic carbocycles. The van der Waals surface area contributed by atoms with Crippen molar-refractivity contribution < 1.29 is 9.59 Å². The van der Waals surface area contributed by atoms with E-state index in [0.717, 1.165) is 0 Å². The highest BCUT2D eigenvalue weighted by Gasteiger charge is 2.30. The molecule has 0 atom stereocenters. The lowest BCUT2D eigenvalue weighted by Crippen LogP contribution is -2.45. The van der Waals surface area contributed by atoms with Crippen molar-refractivity contribution in [3.05, 3.63) is 29.8 Å². The highest BCUT2D eigenvalue weighted by atomic mass is 35.5. The summed E-state index contributed by atoms with van der Waals surface area (Å²) in [6.45, 7) is 5.23. The lowest BCUT2D eigenvalue weighted by molar-refractivity contribution is -0.137. The van der Waals surface area contributed by atoms with Crippen molar-refractivity contribution >= 4 is 29.9 Å². The molecular formula is C17H26ClN3O2. The lowest BCUT2D eigenvalue weighted by Gasteiger charge is -2.34. The molecule has 1 aliphatic heterocycles. The molecular weight excluding hydrogens is 314 g/mol. The highest BCUT2D eigenvalue weighted by molar-refractivity contribution is 5.99. The van der Waals surface area contributed by atoms with E-state index in [1.54, 1.807) is 21.9 Å². The van der Waals surface area contributed by atoms with Gasteiger partial charge in [0, 0.05) is 37.8 Å². The summed E-state index contributed by atoms with van der Waals surface area (Å²) in [5.74, 6) is 0.159. The van der Waals surface area contributed by atoms with Gasteiger partial charge in [-0.3, -0.25) is 9.59 Å². The molecule has 0 unspecified atom stereocenters. The molecule has 0 aromatic heterocycles. The summed E-state index contributed by atoms with van der Waals surface area (Å²) in [6.07, 6.45) is 1.43. The van der Waals surface area contributed by atoms with Crippen LogP contribution in [-0.4, -0.2) is 47.8 Å². The number of likely N-dealkylation sites (tertiary alicyclic amines) is 1. The van der Waals surface area contributed by atoms with E-state index in [4.69, 9.17) is 5.73 Å². The van der Waals surface area contributed by atoms with Crippen LogP contribution in [0.4, 0.5) is 5.69 Å². The first-order valence-corrected chi connectivity index (χ1v) is 7.82. The number of carbonyl (C=O) groups excluding carboxylic acids is 2. The number of halogens is 1. The number of nitrogen functional groups attached to an aromatic ring is 1. The molecule has 2 amide bonds. The van der Waals surface area contributed by atoms with Crippen molar-refractivity contribution in [3.63, 3.8) is 0 Å². The Balaban J connectivity index is 0.00000264. The molecule has 5 nitrogen and oxygen atoms in total. The molecule has 1 heterocycles. The lowest BCUT2D eigenvalue weighted by atomic mass is 9.94. The van der Waals surface area contributed by atoms with Crippen molar-refractivity contribution in [2.24, 2.45) is 5.92 Å². The number of carbonyl (C=O) groups is 2. The fraction of sp³-hybridized carbons (Fsp3) is 0.529. The Bertz CT molecular complexity index is 555. The Kier molecular flexibility index (Phi) is 6.88. The first-order chi connectivity index (χ1) is 10.4. The molecule has 0 bridgehead atoms. The molecule has 1 saturated heterocycles. The number of piperidine rings is 1. The average Bonchev–Trinajstić information content (AvgIpc) is 2.53. The van der Waals surface area contributed by atoms with Gasteiger partial charge in [-0.2, -0.15) is 0 Å². The molecule has 2 N–H and O–H groups in total. The van der Waals surface area contributed by atoms with Gasteiger partial charge in [0.2, 0.25) is 5.91 Å². The zero-order chi connectivity index (χ0) is 16.3. The van der Waals surface area contributed by atoms with Gasteiger partial charge in [0.25, 0.3) is 5.91 Å². The van der Waals surface area contributed by atoms with Crippen LogP contribution in [0.5, 0.6) is 0 Å². The maximum absolute atomic E-state index is 12.5. The SMILES string of the molecule is CC(C)N(C)C(=O)C1CCN(C(=O)c2ccccc2N)CC1.Cl. The van der Waals surface area contributed by atoms with Gasteiger partial charge in [0.1, 0.15) is 0 Å². The number of anilines is 1. The Morgan fingerprint density at radius 3 is 2.30 bits per heavy atom. The van der Waals surface area contributed by atoms with Gasteiger partial charge < -0.3 is 15.5 Å². The fourth-order valence-electron chi connectivity index (χ4n) is 2.73. The van der Waals surface area contributed by atoms with E-state index in [1.165, 1.54) is 0 Å². The Morgan fingerprint density at radius 1 is 1.22 bits per heavy atom. The number of nitrogens with zero attached hydrogens (tertiary/aromatic N) is 2. The van der Waals surface area contributed by atoms with Crippen LogP contribution in [0.1, 0.15) is 37.0 Å². The highest BCUT2D eigenvalue weighted by Crippen LogP contribution is 2.23. The van der Waals surface area contributed by atoms with Gasteiger partial charge >= 0.3 is 0 Å². The first-order valence-electron chi connectivity index (χ1n) is 7.82. The summed E-state index contributed by atoms with van der Waals surface area (Å²) >= 11 is 0. The van der Waals surface area contributed by atoms with Gasteiger partial charge in [0.15, 0.2) is 0 Å². The summed E-state index contributed by atoms with van der Waals surface area (Å²) < 4.78 is 0. The predicted molar refractivity (Wildman–Crippen MR) is 94.6 cm³/mol. The third-order valence-electron chi connectivity index (χ3n) is 4.44. The van der Waals surface area contributed by atoms with E-state index in [0.29, 0.717) is 37.2 Å². The largest absolute Gasteiger partial charge is 0.398 e. The Labute approximate surface area is 144 Å². The van der Waals surface area contributed by atoms with Crippen LogP contribution < -0.4 is 5.73 Å². The molecule has 6 heteroatoms. The fourth-order valence-corrected chi connectivity index (χ4v) is 2.73. The number of nitrogens with two attached hydrogens (primary N) is 1. The maximum atomic E-state index is 12.5. The summed E-state index contributed by atoms with van der Waals surface area (Å²) in [5, 5.41) is 0. The number of benzene rings is 1. The normalized spacial score (nSPS) is 15.2. The zero-order valence-corrected chi connectivity index (χ0v) is 14.8. The van der Waals surface area contributed by atoms with Gasteiger partial charge in [-0.15, -0.1) is 12.4 Å². The van der Waals surface area contributed by atoms with Gasteiger partial charge in [-0.05, 0) is 38.8 Å². The van der Waals surface area contributed by atoms with Gasteiger partial charge in [-0.1, -0.05) is 12.1 Å². The minimum Gasteiger partial charge on any atom is -0.398 e. The predicted octanol–water partition coefficient (Wildman–Crippen LogP) is 2.41. The topological polar surface area (TPSA) is 66.6 Å². The Hall–Kier alpha value is -1.75. The maximum Gasteiger partial charge on any atom is 0.255 e. The standard InChI is InChI=1S/C17H25N3O2.ClH/c1-12(2)19(3)16(21)13-8-10-20(11-9-13)17(22)14-6-4-5-7-15(14)18;/h4-7,12-13H,8-11,18H2,1-3H3;1H. The quantitative estimate of drug-likeness (QED) is 0.860. The van der Waals surface area contributed by atoms with E-state index in [1.807, 2.05) is 33.0 Å². The number of hydrogen-bond donors (Lipinski definition) is 1. The molecule has 0 saturated carbocycles. The minimum absolute atomic E-state index is 0. The minimum atomic E-state index is -0.0405. The number of amides is 2. The summed E-state index contributed by atoms with van der Waals surface area (Å²) in [4.78, 5) is 28.4. The van der Waals surface area contributed by atoms with E-state index in [9.17, 15) is 9.59 Å².